The maximum atomic E-state index is 6.15. The molecule has 3 heteroatoms. The van der Waals surface area contributed by atoms with Crippen molar-refractivity contribution in [1.29, 1.82) is 0 Å². The summed E-state index contributed by atoms with van der Waals surface area (Å²) < 4.78 is 0. The fraction of sp³-hybridized carbons (Fsp3) is 0.538. The Hall–Kier alpha value is -0.400. The molecule has 1 fully saturated rings. The van der Waals surface area contributed by atoms with Crippen LogP contribution in [0.4, 0.5) is 5.69 Å². The van der Waals surface area contributed by atoms with Crippen molar-refractivity contribution < 1.29 is 0 Å². The molecule has 0 aliphatic heterocycles. The highest BCUT2D eigenvalue weighted by Crippen LogP contribution is 2.31. The largest absolute Gasteiger partial charge is 0.381 e. The van der Waals surface area contributed by atoms with E-state index in [9.17, 15) is 0 Å². The van der Waals surface area contributed by atoms with E-state index < -0.39 is 0 Å². The minimum absolute atomic E-state index is 0.549. The number of hydrogen-bond acceptors (Lipinski definition) is 1. The fourth-order valence-electron chi connectivity index (χ4n) is 2.34. The molecule has 1 aliphatic rings. The van der Waals surface area contributed by atoms with Crippen molar-refractivity contribution in [1.82, 2.24) is 0 Å². The average molecular weight is 258 g/mol. The lowest BCUT2D eigenvalue weighted by Crippen LogP contribution is -2.30. The molecule has 1 aromatic rings. The molecule has 0 radical (unpaired) electrons. The van der Waals surface area contributed by atoms with Gasteiger partial charge in [0.15, 0.2) is 0 Å². The van der Waals surface area contributed by atoms with Crippen LogP contribution in [0.15, 0.2) is 18.2 Å². The zero-order valence-corrected chi connectivity index (χ0v) is 11.0. The lowest BCUT2D eigenvalue weighted by molar-refractivity contribution is 0.349. The second kappa shape index (κ2) is 5.29. The van der Waals surface area contributed by atoms with Gasteiger partial charge in [-0.15, -0.1) is 0 Å². The van der Waals surface area contributed by atoms with Crippen LogP contribution in [0.3, 0.4) is 0 Å². The average Bonchev–Trinajstić information content (AvgIpc) is 2.25. The van der Waals surface area contributed by atoms with Gasteiger partial charge in [-0.2, -0.15) is 0 Å². The van der Waals surface area contributed by atoms with Crippen molar-refractivity contribution in [2.75, 3.05) is 5.32 Å². The summed E-state index contributed by atoms with van der Waals surface area (Å²) >= 11 is 12.0. The lowest BCUT2D eigenvalue weighted by Gasteiger charge is -2.30. The Kier molecular flexibility index (Phi) is 3.99. The third-order valence-electron chi connectivity index (χ3n) is 3.38. The molecule has 0 spiro atoms. The summed E-state index contributed by atoms with van der Waals surface area (Å²) in [7, 11) is 0. The molecule has 2 rings (SSSR count). The van der Waals surface area contributed by atoms with Gasteiger partial charge in [0, 0.05) is 11.1 Å². The second-order valence-electron chi connectivity index (χ2n) is 4.64. The first kappa shape index (κ1) is 12.1. The predicted octanol–water partition coefficient (Wildman–Crippen LogP) is 4.98. The van der Waals surface area contributed by atoms with Crippen molar-refractivity contribution in [3.63, 3.8) is 0 Å². The predicted molar refractivity (Wildman–Crippen MR) is 71.5 cm³/mol. The first-order valence-corrected chi connectivity index (χ1v) is 6.64. The number of rotatable bonds is 2. The highest BCUT2D eigenvalue weighted by Gasteiger charge is 2.21. The van der Waals surface area contributed by atoms with Crippen molar-refractivity contribution >= 4 is 28.9 Å². The van der Waals surface area contributed by atoms with Crippen LogP contribution in [0.25, 0.3) is 0 Å². The molecule has 88 valence electrons. The summed E-state index contributed by atoms with van der Waals surface area (Å²) in [4.78, 5) is 0. The summed E-state index contributed by atoms with van der Waals surface area (Å²) in [5.74, 6) is 0.723. The van der Waals surface area contributed by atoms with Gasteiger partial charge >= 0.3 is 0 Å². The second-order valence-corrected chi connectivity index (χ2v) is 5.48. The van der Waals surface area contributed by atoms with E-state index in [1.54, 1.807) is 6.07 Å². The minimum atomic E-state index is 0.549. The molecule has 0 bridgehead atoms. The van der Waals surface area contributed by atoms with Crippen LogP contribution in [0.1, 0.15) is 32.6 Å². The van der Waals surface area contributed by atoms with Crippen LogP contribution >= 0.6 is 23.2 Å². The van der Waals surface area contributed by atoms with Gasteiger partial charge in [-0.25, -0.2) is 0 Å². The van der Waals surface area contributed by atoms with Crippen LogP contribution in [-0.4, -0.2) is 6.04 Å². The first-order valence-electron chi connectivity index (χ1n) is 5.88. The molecule has 1 aromatic carbocycles. The number of benzene rings is 1. The van der Waals surface area contributed by atoms with Gasteiger partial charge in [0.05, 0.1) is 10.7 Å². The van der Waals surface area contributed by atoms with E-state index in [0.717, 1.165) is 11.6 Å². The third kappa shape index (κ3) is 2.83. The Morgan fingerprint density at radius 2 is 1.94 bits per heavy atom. The molecule has 0 aromatic heterocycles. The van der Waals surface area contributed by atoms with Crippen LogP contribution in [0, 0.1) is 5.92 Å². The van der Waals surface area contributed by atoms with Crippen LogP contribution < -0.4 is 5.32 Å². The Balaban J connectivity index is 2.07. The number of nitrogens with one attached hydrogen (secondary N) is 1. The molecule has 16 heavy (non-hydrogen) atoms. The van der Waals surface area contributed by atoms with E-state index >= 15 is 0 Å². The minimum Gasteiger partial charge on any atom is -0.381 e. The fourth-order valence-corrected chi connectivity index (χ4v) is 2.80. The Morgan fingerprint density at radius 3 is 2.62 bits per heavy atom. The topological polar surface area (TPSA) is 12.0 Å². The van der Waals surface area contributed by atoms with Crippen molar-refractivity contribution in [2.45, 2.75) is 38.6 Å². The molecule has 1 saturated carbocycles. The zero-order chi connectivity index (χ0) is 11.5. The quantitative estimate of drug-likeness (QED) is 0.788. The van der Waals surface area contributed by atoms with E-state index in [1.165, 1.54) is 25.7 Å². The van der Waals surface area contributed by atoms with Gasteiger partial charge in [0.1, 0.15) is 0 Å². The Labute approximate surface area is 107 Å². The molecular formula is C13H17Cl2N. The van der Waals surface area contributed by atoms with Crippen molar-refractivity contribution in [3.8, 4) is 0 Å². The number of hydrogen-bond donors (Lipinski definition) is 1. The number of anilines is 1. The van der Waals surface area contributed by atoms with Gasteiger partial charge in [0.2, 0.25) is 0 Å². The molecular weight excluding hydrogens is 241 g/mol. The van der Waals surface area contributed by atoms with Crippen LogP contribution in [-0.2, 0) is 0 Å². The van der Waals surface area contributed by atoms with E-state index in [-0.39, 0.29) is 0 Å². The Bertz CT molecular complexity index is 365. The molecule has 1 N–H and O–H groups in total. The van der Waals surface area contributed by atoms with E-state index in [2.05, 4.69) is 12.2 Å². The van der Waals surface area contributed by atoms with Crippen LogP contribution in [0.2, 0.25) is 10.0 Å². The van der Waals surface area contributed by atoms with Gasteiger partial charge in [-0.1, -0.05) is 43.0 Å². The maximum Gasteiger partial charge on any atom is 0.0652 e. The molecule has 0 heterocycles. The van der Waals surface area contributed by atoms with E-state index in [0.29, 0.717) is 16.1 Å². The molecule has 2 unspecified atom stereocenters. The van der Waals surface area contributed by atoms with Gasteiger partial charge in [-0.3, -0.25) is 0 Å². The number of halogens is 2. The summed E-state index contributed by atoms with van der Waals surface area (Å²) in [6.07, 6.45) is 5.21. The molecule has 0 saturated heterocycles. The summed E-state index contributed by atoms with van der Waals surface area (Å²) in [5.41, 5.74) is 1.00. The smallest absolute Gasteiger partial charge is 0.0652 e. The maximum absolute atomic E-state index is 6.15. The van der Waals surface area contributed by atoms with Gasteiger partial charge in [0.25, 0.3) is 0 Å². The van der Waals surface area contributed by atoms with Gasteiger partial charge < -0.3 is 5.32 Å². The zero-order valence-electron chi connectivity index (χ0n) is 9.47. The molecule has 1 aliphatic carbocycles. The van der Waals surface area contributed by atoms with Crippen molar-refractivity contribution in [3.05, 3.63) is 28.2 Å². The Morgan fingerprint density at radius 1 is 1.19 bits per heavy atom. The summed E-state index contributed by atoms with van der Waals surface area (Å²) in [6.45, 7) is 2.31. The molecule has 1 nitrogen and oxygen atoms in total. The first-order chi connectivity index (χ1) is 7.66. The monoisotopic (exact) mass is 257 g/mol. The van der Waals surface area contributed by atoms with E-state index in [1.807, 2.05) is 12.1 Å². The standard InChI is InChI=1S/C13H17Cl2N/c1-9-4-2-3-5-12(9)16-13-7-6-10(14)8-11(13)15/h6-9,12,16H,2-5H2,1H3. The molecule has 2 atom stereocenters. The highest BCUT2D eigenvalue weighted by atomic mass is 35.5. The molecule has 0 amide bonds. The SMILES string of the molecule is CC1CCCCC1Nc1ccc(Cl)cc1Cl. The third-order valence-corrected chi connectivity index (χ3v) is 3.93. The lowest BCUT2D eigenvalue weighted by atomic mass is 9.86. The summed E-state index contributed by atoms with van der Waals surface area (Å²) in [5, 5.41) is 4.94. The normalized spacial score (nSPS) is 25.4. The highest BCUT2D eigenvalue weighted by molar-refractivity contribution is 6.36. The van der Waals surface area contributed by atoms with E-state index in [4.69, 9.17) is 23.2 Å². The van der Waals surface area contributed by atoms with Gasteiger partial charge in [-0.05, 0) is 37.0 Å². The van der Waals surface area contributed by atoms with Crippen LogP contribution in [0.5, 0.6) is 0 Å². The van der Waals surface area contributed by atoms with Crippen molar-refractivity contribution in [2.24, 2.45) is 5.92 Å². The summed E-state index contributed by atoms with van der Waals surface area (Å²) in [6, 6.07) is 6.18.